The smallest absolute Gasteiger partial charge is 0.311 e. The van der Waals surface area contributed by atoms with Gasteiger partial charge in [-0.3, -0.25) is 4.79 Å². The molecule has 96 valence electrons. The van der Waals surface area contributed by atoms with Gasteiger partial charge in [-0.15, -0.1) is 23.7 Å². The minimum absolute atomic E-state index is 0. The summed E-state index contributed by atoms with van der Waals surface area (Å²) in [5, 5.41) is 2.99. The molecule has 0 aliphatic carbocycles. The Morgan fingerprint density at radius 1 is 1.53 bits per heavy atom. The standard InChI is InChI=1S/C11H16N2O2S.ClH/c1-2-15-10(14)7-9-8-16-11(12-9)13-5-3-4-6-13;/h8H,2-7H2,1H3;1H. The van der Waals surface area contributed by atoms with Crippen LogP contribution in [0.2, 0.25) is 0 Å². The molecule has 0 atom stereocenters. The molecule has 0 saturated carbocycles. The third kappa shape index (κ3) is 3.85. The van der Waals surface area contributed by atoms with E-state index in [1.807, 2.05) is 12.3 Å². The van der Waals surface area contributed by atoms with Crippen molar-refractivity contribution in [2.75, 3.05) is 24.6 Å². The Kier molecular flexibility index (Phi) is 5.71. The molecule has 0 N–H and O–H groups in total. The van der Waals surface area contributed by atoms with Gasteiger partial charge in [0.1, 0.15) is 0 Å². The molecular formula is C11H17ClN2O2S. The van der Waals surface area contributed by atoms with E-state index >= 15 is 0 Å². The first-order chi connectivity index (χ1) is 7.79. The number of anilines is 1. The number of hydrogen-bond acceptors (Lipinski definition) is 5. The van der Waals surface area contributed by atoms with Crippen LogP contribution in [0.3, 0.4) is 0 Å². The van der Waals surface area contributed by atoms with Crippen molar-refractivity contribution in [3.05, 3.63) is 11.1 Å². The Morgan fingerprint density at radius 2 is 2.24 bits per heavy atom. The fourth-order valence-corrected chi connectivity index (χ4v) is 2.67. The average molecular weight is 277 g/mol. The molecule has 1 aliphatic heterocycles. The van der Waals surface area contributed by atoms with Crippen molar-refractivity contribution in [3.8, 4) is 0 Å². The Bertz CT molecular complexity index is 364. The van der Waals surface area contributed by atoms with Crippen LogP contribution in [0.25, 0.3) is 0 Å². The largest absolute Gasteiger partial charge is 0.466 e. The van der Waals surface area contributed by atoms with Crippen LogP contribution >= 0.6 is 23.7 Å². The number of aromatic nitrogens is 1. The summed E-state index contributed by atoms with van der Waals surface area (Å²) in [6.07, 6.45) is 2.78. The lowest BCUT2D eigenvalue weighted by Gasteiger charge is -2.12. The number of nitrogens with zero attached hydrogens (tertiary/aromatic N) is 2. The highest BCUT2D eigenvalue weighted by Crippen LogP contribution is 2.24. The summed E-state index contributed by atoms with van der Waals surface area (Å²) in [5.41, 5.74) is 0.824. The molecule has 0 spiro atoms. The fourth-order valence-electron chi connectivity index (χ4n) is 1.79. The molecule has 2 rings (SSSR count). The minimum atomic E-state index is -0.194. The summed E-state index contributed by atoms with van der Waals surface area (Å²) in [6.45, 7) is 4.43. The number of carbonyl (C=O) groups excluding carboxylic acids is 1. The van der Waals surface area contributed by atoms with Crippen LogP contribution in [0, 0.1) is 0 Å². The van der Waals surface area contributed by atoms with Gasteiger partial charge < -0.3 is 9.64 Å². The van der Waals surface area contributed by atoms with Gasteiger partial charge in [0.2, 0.25) is 0 Å². The highest BCUT2D eigenvalue weighted by atomic mass is 35.5. The lowest BCUT2D eigenvalue weighted by atomic mass is 10.3. The minimum Gasteiger partial charge on any atom is -0.466 e. The Labute approximate surface area is 111 Å². The molecule has 1 aliphatic rings. The number of carbonyl (C=O) groups is 1. The quantitative estimate of drug-likeness (QED) is 0.791. The number of esters is 1. The van der Waals surface area contributed by atoms with Gasteiger partial charge in [0, 0.05) is 18.5 Å². The summed E-state index contributed by atoms with van der Waals surface area (Å²) >= 11 is 1.61. The summed E-state index contributed by atoms with van der Waals surface area (Å²) in [6, 6.07) is 0. The number of hydrogen-bond donors (Lipinski definition) is 0. The highest BCUT2D eigenvalue weighted by molar-refractivity contribution is 7.13. The van der Waals surface area contributed by atoms with E-state index in [0.717, 1.165) is 23.9 Å². The van der Waals surface area contributed by atoms with Crippen LogP contribution < -0.4 is 4.90 Å². The second-order valence-corrected chi connectivity index (χ2v) is 4.63. The van der Waals surface area contributed by atoms with Gasteiger partial charge in [0.15, 0.2) is 5.13 Å². The molecule has 0 aromatic carbocycles. The molecule has 0 radical (unpaired) electrons. The van der Waals surface area contributed by atoms with Crippen LogP contribution in [-0.4, -0.2) is 30.6 Å². The summed E-state index contributed by atoms with van der Waals surface area (Å²) in [4.78, 5) is 18.0. The SMILES string of the molecule is CCOC(=O)Cc1csc(N2CCCC2)n1.Cl. The topological polar surface area (TPSA) is 42.4 Å². The van der Waals surface area contributed by atoms with Crippen LogP contribution in [-0.2, 0) is 16.0 Å². The first-order valence-electron chi connectivity index (χ1n) is 5.64. The van der Waals surface area contributed by atoms with Gasteiger partial charge >= 0.3 is 5.97 Å². The molecule has 0 unspecified atom stereocenters. The first-order valence-corrected chi connectivity index (χ1v) is 6.52. The zero-order chi connectivity index (χ0) is 11.4. The van der Waals surface area contributed by atoms with Gasteiger partial charge in [-0.2, -0.15) is 0 Å². The first kappa shape index (κ1) is 14.3. The van der Waals surface area contributed by atoms with Gasteiger partial charge in [-0.25, -0.2) is 4.98 Å². The molecule has 1 saturated heterocycles. The van der Waals surface area contributed by atoms with E-state index in [0.29, 0.717) is 6.61 Å². The molecule has 4 nitrogen and oxygen atoms in total. The molecule has 0 amide bonds. The van der Waals surface area contributed by atoms with E-state index in [1.54, 1.807) is 11.3 Å². The molecule has 6 heteroatoms. The number of halogens is 1. The van der Waals surface area contributed by atoms with Crippen LogP contribution in [0.4, 0.5) is 5.13 Å². The van der Waals surface area contributed by atoms with E-state index < -0.39 is 0 Å². The Morgan fingerprint density at radius 3 is 2.88 bits per heavy atom. The Hall–Kier alpha value is -0.810. The summed E-state index contributed by atoms with van der Waals surface area (Å²) in [5.74, 6) is -0.194. The normalized spacial score (nSPS) is 14.5. The van der Waals surface area contributed by atoms with E-state index in [1.165, 1.54) is 12.8 Å². The van der Waals surface area contributed by atoms with E-state index in [4.69, 9.17) is 4.74 Å². The maximum Gasteiger partial charge on any atom is 0.311 e. The molecule has 1 aromatic rings. The van der Waals surface area contributed by atoms with Gasteiger partial charge in [-0.1, -0.05) is 0 Å². The Balaban J connectivity index is 0.00000144. The van der Waals surface area contributed by atoms with Crippen molar-refractivity contribution in [2.45, 2.75) is 26.2 Å². The zero-order valence-electron chi connectivity index (χ0n) is 9.85. The second-order valence-electron chi connectivity index (χ2n) is 3.80. The third-order valence-electron chi connectivity index (χ3n) is 2.55. The third-order valence-corrected chi connectivity index (χ3v) is 3.50. The van der Waals surface area contributed by atoms with Crippen LogP contribution in [0.1, 0.15) is 25.5 Å². The van der Waals surface area contributed by atoms with E-state index in [9.17, 15) is 4.79 Å². The molecule has 17 heavy (non-hydrogen) atoms. The lowest BCUT2D eigenvalue weighted by molar-refractivity contribution is -0.142. The van der Waals surface area contributed by atoms with Gasteiger partial charge in [-0.05, 0) is 19.8 Å². The van der Waals surface area contributed by atoms with Crippen molar-refractivity contribution in [3.63, 3.8) is 0 Å². The summed E-state index contributed by atoms with van der Waals surface area (Å²) < 4.78 is 4.89. The van der Waals surface area contributed by atoms with Gasteiger partial charge in [0.05, 0.1) is 18.7 Å². The van der Waals surface area contributed by atoms with Crippen molar-refractivity contribution in [2.24, 2.45) is 0 Å². The summed E-state index contributed by atoms with van der Waals surface area (Å²) in [7, 11) is 0. The van der Waals surface area contributed by atoms with Crippen molar-refractivity contribution in [1.82, 2.24) is 4.98 Å². The molecule has 1 aromatic heterocycles. The van der Waals surface area contributed by atoms with Gasteiger partial charge in [0.25, 0.3) is 0 Å². The van der Waals surface area contributed by atoms with Crippen molar-refractivity contribution in [1.29, 1.82) is 0 Å². The maximum absolute atomic E-state index is 11.3. The predicted molar refractivity (Wildman–Crippen MR) is 71.1 cm³/mol. The molecule has 1 fully saturated rings. The average Bonchev–Trinajstić information content (AvgIpc) is 2.86. The maximum atomic E-state index is 11.3. The van der Waals surface area contributed by atoms with E-state index in [-0.39, 0.29) is 24.8 Å². The van der Waals surface area contributed by atoms with Crippen molar-refractivity contribution < 1.29 is 9.53 Å². The molecule has 0 bridgehead atoms. The fraction of sp³-hybridized carbons (Fsp3) is 0.636. The number of rotatable bonds is 4. The second kappa shape index (κ2) is 6.81. The lowest BCUT2D eigenvalue weighted by Crippen LogP contribution is -2.17. The molecule has 2 heterocycles. The monoisotopic (exact) mass is 276 g/mol. The van der Waals surface area contributed by atoms with Crippen LogP contribution in [0.5, 0.6) is 0 Å². The number of ether oxygens (including phenoxy) is 1. The predicted octanol–water partition coefficient (Wildman–Crippen LogP) is 2.27. The van der Waals surface area contributed by atoms with Crippen molar-refractivity contribution >= 4 is 34.8 Å². The van der Waals surface area contributed by atoms with Crippen LogP contribution in [0.15, 0.2) is 5.38 Å². The zero-order valence-corrected chi connectivity index (χ0v) is 11.5. The van der Waals surface area contributed by atoms with E-state index in [2.05, 4.69) is 9.88 Å². The highest BCUT2D eigenvalue weighted by Gasteiger charge is 2.16. The number of thiazole rings is 1. The molecular weight excluding hydrogens is 260 g/mol.